The average Bonchev–Trinajstić information content (AvgIpc) is 3.16. The number of aliphatic hydroxyl groups is 1. The van der Waals surface area contributed by atoms with Crippen LogP contribution in [-0.4, -0.2) is 28.2 Å². The Morgan fingerprint density at radius 1 is 1.04 bits per heavy atom. The average molecular weight is 334 g/mol. The van der Waals surface area contributed by atoms with Crippen molar-refractivity contribution in [3.63, 3.8) is 0 Å². The molecule has 2 N–H and O–H groups in total. The van der Waals surface area contributed by atoms with E-state index in [4.69, 9.17) is 4.98 Å². The summed E-state index contributed by atoms with van der Waals surface area (Å²) in [5.74, 6) is 1.58. The lowest BCUT2D eigenvalue weighted by Crippen LogP contribution is -2.20. The van der Waals surface area contributed by atoms with Crippen molar-refractivity contribution in [3.05, 3.63) is 54.1 Å². The van der Waals surface area contributed by atoms with Crippen molar-refractivity contribution < 1.29 is 5.11 Å². The molecule has 0 bridgehead atoms. The molecule has 0 spiro atoms. The van der Waals surface area contributed by atoms with Gasteiger partial charge in [0.1, 0.15) is 5.82 Å². The molecule has 2 aromatic carbocycles. The Labute approximate surface area is 147 Å². The SMILES string of the molecule is C[C@@H](O)c1cccc(Nc2nc(N3CCCC3)c3ccccc3n2)c1. The fraction of sp³-hybridized carbons (Fsp3) is 0.300. The first-order valence-electron chi connectivity index (χ1n) is 8.77. The highest BCUT2D eigenvalue weighted by atomic mass is 16.3. The van der Waals surface area contributed by atoms with Crippen LogP contribution in [0.1, 0.15) is 31.4 Å². The minimum atomic E-state index is -0.501. The lowest BCUT2D eigenvalue weighted by Gasteiger charge is -2.19. The summed E-state index contributed by atoms with van der Waals surface area (Å²) in [5.41, 5.74) is 2.68. The predicted molar refractivity (Wildman–Crippen MR) is 101 cm³/mol. The van der Waals surface area contributed by atoms with Crippen molar-refractivity contribution in [1.29, 1.82) is 0 Å². The normalized spacial score (nSPS) is 15.5. The lowest BCUT2D eigenvalue weighted by atomic mass is 10.1. The van der Waals surface area contributed by atoms with Gasteiger partial charge >= 0.3 is 0 Å². The molecule has 25 heavy (non-hydrogen) atoms. The van der Waals surface area contributed by atoms with E-state index in [2.05, 4.69) is 21.3 Å². The van der Waals surface area contributed by atoms with E-state index in [1.165, 1.54) is 12.8 Å². The van der Waals surface area contributed by atoms with Crippen LogP contribution in [0, 0.1) is 0 Å². The lowest BCUT2D eigenvalue weighted by molar-refractivity contribution is 0.199. The number of para-hydroxylation sites is 1. The molecule has 1 atom stereocenters. The van der Waals surface area contributed by atoms with E-state index in [9.17, 15) is 5.11 Å². The van der Waals surface area contributed by atoms with E-state index >= 15 is 0 Å². The molecule has 1 aliphatic heterocycles. The van der Waals surface area contributed by atoms with Crippen LogP contribution < -0.4 is 10.2 Å². The van der Waals surface area contributed by atoms with Gasteiger partial charge in [-0.1, -0.05) is 24.3 Å². The van der Waals surface area contributed by atoms with Crippen molar-refractivity contribution in [1.82, 2.24) is 9.97 Å². The fourth-order valence-electron chi connectivity index (χ4n) is 3.29. The minimum Gasteiger partial charge on any atom is -0.389 e. The van der Waals surface area contributed by atoms with Gasteiger partial charge in [0.05, 0.1) is 11.6 Å². The zero-order valence-corrected chi connectivity index (χ0v) is 14.3. The monoisotopic (exact) mass is 334 g/mol. The molecular formula is C20H22N4O. The number of hydrogen-bond acceptors (Lipinski definition) is 5. The second-order valence-corrected chi connectivity index (χ2v) is 6.51. The third-order valence-corrected chi connectivity index (χ3v) is 4.61. The number of nitrogens with zero attached hydrogens (tertiary/aromatic N) is 3. The molecule has 2 heterocycles. The maximum absolute atomic E-state index is 9.78. The third kappa shape index (κ3) is 3.28. The van der Waals surface area contributed by atoms with E-state index in [-0.39, 0.29) is 0 Å². The zero-order valence-electron chi connectivity index (χ0n) is 14.3. The largest absolute Gasteiger partial charge is 0.389 e. The summed E-state index contributed by atoms with van der Waals surface area (Å²) in [4.78, 5) is 11.8. The Balaban J connectivity index is 1.73. The highest BCUT2D eigenvalue weighted by molar-refractivity contribution is 5.90. The highest BCUT2D eigenvalue weighted by Crippen LogP contribution is 2.29. The van der Waals surface area contributed by atoms with Crippen LogP contribution in [0.5, 0.6) is 0 Å². The maximum atomic E-state index is 9.78. The van der Waals surface area contributed by atoms with Gasteiger partial charge in [0, 0.05) is 24.2 Å². The van der Waals surface area contributed by atoms with Gasteiger partial charge in [0.2, 0.25) is 5.95 Å². The van der Waals surface area contributed by atoms with Crippen LogP contribution in [0.4, 0.5) is 17.5 Å². The second kappa shape index (κ2) is 6.69. The molecule has 0 radical (unpaired) electrons. The zero-order chi connectivity index (χ0) is 17.2. The van der Waals surface area contributed by atoms with Gasteiger partial charge in [-0.15, -0.1) is 0 Å². The number of aromatic nitrogens is 2. The Hall–Kier alpha value is -2.66. The number of benzene rings is 2. The van der Waals surface area contributed by atoms with E-state index < -0.39 is 6.10 Å². The quantitative estimate of drug-likeness (QED) is 0.754. The summed E-state index contributed by atoms with van der Waals surface area (Å²) in [7, 11) is 0. The van der Waals surface area contributed by atoms with Crippen LogP contribution in [0.25, 0.3) is 10.9 Å². The number of fused-ring (bicyclic) bond motifs is 1. The van der Waals surface area contributed by atoms with Crippen LogP contribution in [0.15, 0.2) is 48.5 Å². The molecule has 4 rings (SSSR count). The molecule has 3 aromatic rings. The van der Waals surface area contributed by atoms with Gasteiger partial charge < -0.3 is 15.3 Å². The number of aliphatic hydroxyl groups excluding tert-OH is 1. The summed E-state index contributed by atoms with van der Waals surface area (Å²) < 4.78 is 0. The molecule has 1 aromatic heterocycles. The molecule has 5 heteroatoms. The van der Waals surface area contributed by atoms with Gasteiger partial charge in [-0.3, -0.25) is 0 Å². The van der Waals surface area contributed by atoms with Crippen molar-refractivity contribution in [3.8, 4) is 0 Å². The van der Waals surface area contributed by atoms with Gasteiger partial charge in [-0.25, -0.2) is 4.98 Å². The van der Waals surface area contributed by atoms with Crippen LogP contribution in [0.2, 0.25) is 0 Å². The Morgan fingerprint density at radius 3 is 2.64 bits per heavy atom. The molecule has 128 valence electrons. The molecule has 5 nitrogen and oxygen atoms in total. The van der Waals surface area contributed by atoms with Crippen molar-refractivity contribution in [2.75, 3.05) is 23.3 Å². The smallest absolute Gasteiger partial charge is 0.229 e. The topological polar surface area (TPSA) is 61.3 Å². The summed E-state index contributed by atoms with van der Waals surface area (Å²) in [6.45, 7) is 3.84. The molecular weight excluding hydrogens is 312 g/mol. The summed E-state index contributed by atoms with van der Waals surface area (Å²) in [5, 5.41) is 14.2. The molecule has 0 unspecified atom stereocenters. The Bertz CT molecular complexity index is 888. The summed E-state index contributed by atoms with van der Waals surface area (Å²) >= 11 is 0. The predicted octanol–water partition coefficient (Wildman–Crippen LogP) is 4.03. The van der Waals surface area contributed by atoms with E-state index in [0.29, 0.717) is 5.95 Å². The standard InChI is InChI=1S/C20H22N4O/c1-14(25)15-7-6-8-16(13-15)21-20-22-18-10-3-2-9-17(18)19(23-20)24-11-4-5-12-24/h2-3,6-10,13-14,25H,4-5,11-12H2,1H3,(H,21,22,23)/t14-/m1/s1. The van der Waals surface area contributed by atoms with Gasteiger partial charge in [0.15, 0.2) is 0 Å². The van der Waals surface area contributed by atoms with E-state index in [0.717, 1.165) is 41.1 Å². The van der Waals surface area contributed by atoms with Gasteiger partial charge in [-0.05, 0) is 49.6 Å². The molecule has 0 amide bonds. The number of hydrogen-bond donors (Lipinski definition) is 2. The van der Waals surface area contributed by atoms with E-state index in [1.807, 2.05) is 42.5 Å². The second-order valence-electron chi connectivity index (χ2n) is 6.51. The Kier molecular flexibility index (Phi) is 4.24. The number of nitrogens with one attached hydrogen (secondary N) is 1. The highest BCUT2D eigenvalue weighted by Gasteiger charge is 2.18. The van der Waals surface area contributed by atoms with E-state index in [1.54, 1.807) is 6.92 Å². The van der Waals surface area contributed by atoms with Crippen molar-refractivity contribution >= 4 is 28.4 Å². The first kappa shape index (κ1) is 15.8. The van der Waals surface area contributed by atoms with Crippen LogP contribution in [-0.2, 0) is 0 Å². The fourth-order valence-corrected chi connectivity index (χ4v) is 3.29. The van der Waals surface area contributed by atoms with Crippen molar-refractivity contribution in [2.24, 2.45) is 0 Å². The number of rotatable bonds is 4. The first-order valence-corrected chi connectivity index (χ1v) is 8.77. The first-order chi connectivity index (χ1) is 12.2. The molecule has 1 fully saturated rings. The maximum Gasteiger partial charge on any atom is 0.229 e. The van der Waals surface area contributed by atoms with Gasteiger partial charge in [-0.2, -0.15) is 4.98 Å². The van der Waals surface area contributed by atoms with Crippen LogP contribution in [0.3, 0.4) is 0 Å². The molecule has 1 aliphatic rings. The van der Waals surface area contributed by atoms with Crippen LogP contribution >= 0.6 is 0 Å². The molecule has 0 saturated carbocycles. The van der Waals surface area contributed by atoms with Gasteiger partial charge in [0.25, 0.3) is 0 Å². The summed E-state index contributed by atoms with van der Waals surface area (Å²) in [6.07, 6.45) is 1.91. The Morgan fingerprint density at radius 2 is 1.84 bits per heavy atom. The van der Waals surface area contributed by atoms with Crippen molar-refractivity contribution in [2.45, 2.75) is 25.9 Å². The molecule has 1 saturated heterocycles. The third-order valence-electron chi connectivity index (χ3n) is 4.61. The number of anilines is 3. The minimum absolute atomic E-state index is 0.501. The summed E-state index contributed by atoms with van der Waals surface area (Å²) in [6, 6.07) is 15.9. The molecule has 0 aliphatic carbocycles.